The smallest absolute Gasteiger partial charge is 0.227 e. The van der Waals surface area contributed by atoms with Crippen LogP contribution in [0.5, 0.6) is 5.75 Å². The molecule has 0 radical (unpaired) electrons. The molecule has 5 heteroatoms. The van der Waals surface area contributed by atoms with E-state index in [1.54, 1.807) is 14.2 Å². The van der Waals surface area contributed by atoms with Gasteiger partial charge in [0.05, 0.1) is 25.2 Å². The molecule has 0 bridgehead atoms. The molecule has 2 unspecified atom stereocenters. The monoisotopic (exact) mass is 292 g/mol. The molecule has 21 heavy (non-hydrogen) atoms. The van der Waals surface area contributed by atoms with Gasteiger partial charge in [0, 0.05) is 20.2 Å². The topological polar surface area (TPSA) is 59.6 Å². The van der Waals surface area contributed by atoms with Crippen molar-refractivity contribution in [2.75, 3.05) is 27.3 Å². The Labute approximate surface area is 126 Å². The van der Waals surface area contributed by atoms with Crippen LogP contribution >= 0.6 is 0 Å². The summed E-state index contributed by atoms with van der Waals surface area (Å²) < 4.78 is 10.5. The highest BCUT2D eigenvalue weighted by molar-refractivity contribution is 5.84. The van der Waals surface area contributed by atoms with Crippen LogP contribution in [-0.4, -0.2) is 45.4 Å². The summed E-state index contributed by atoms with van der Waals surface area (Å²) >= 11 is 0. The van der Waals surface area contributed by atoms with Gasteiger partial charge < -0.3 is 20.1 Å². The number of carbonyl (C=O) groups is 1. The summed E-state index contributed by atoms with van der Waals surface area (Å²) in [6.07, 6.45) is 0.804. The van der Waals surface area contributed by atoms with Crippen molar-refractivity contribution in [3.05, 3.63) is 29.8 Å². The van der Waals surface area contributed by atoms with Gasteiger partial charge in [-0.05, 0) is 24.1 Å². The average molecular weight is 292 g/mol. The predicted molar refractivity (Wildman–Crippen MR) is 81.6 cm³/mol. The number of carbonyl (C=O) groups excluding carboxylic acids is 1. The number of ether oxygens (including phenoxy) is 2. The molecule has 1 aliphatic rings. The molecule has 1 fully saturated rings. The Morgan fingerprint density at radius 2 is 2.05 bits per heavy atom. The summed E-state index contributed by atoms with van der Waals surface area (Å²) in [7, 11) is 3.31. The highest BCUT2D eigenvalue weighted by Crippen LogP contribution is 2.23. The summed E-state index contributed by atoms with van der Waals surface area (Å²) in [4.78, 5) is 12.5. The standard InChI is InChI=1S/C16H24N2O3/c1-4-13(11-5-7-12(20-2)8-6-11)16(19)18-14-9-17-10-15(14)21-3/h5-8,13-15,17H,4,9-10H2,1-3H3,(H,18,19)/t13?,14?,15-/m0/s1. The fraction of sp³-hybridized carbons (Fsp3) is 0.562. The molecule has 0 aromatic heterocycles. The highest BCUT2D eigenvalue weighted by Gasteiger charge is 2.30. The minimum absolute atomic E-state index is 0.0369. The third-order valence-electron chi connectivity index (χ3n) is 4.03. The van der Waals surface area contributed by atoms with E-state index in [2.05, 4.69) is 10.6 Å². The van der Waals surface area contributed by atoms with Crippen molar-refractivity contribution in [1.82, 2.24) is 10.6 Å². The Morgan fingerprint density at radius 1 is 1.33 bits per heavy atom. The van der Waals surface area contributed by atoms with E-state index in [9.17, 15) is 4.79 Å². The third kappa shape index (κ3) is 3.74. The van der Waals surface area contributed by atoms with Crippen molar-refractivity contribution in [2.45, 2.75) is 31.4 Å². The van der Waals surface area contributed by atoms with Crippen LogP contribution in [0.15, 0.2) is 24.3 Å². The largest absolute Gasteiger partial charge is 0.497 e. The van der Waals surface area contributed by atoms with Crippen molar-refractivity contribution < 1.29 is 14.3 Å². The third-order valence-corrected chi connectivity index (χ3v) is 4.03. The molecule has 3 atom stereocenters. The lowest BCUT2D eigenvalue weighted by Crippen LogP contribution is -2.45. The molecule has 1 heterocycles. The molecule has 0 aliphatic carbocycles. The zero-order chi connectivity index (χ0) is 15.2. The maximum absolute atomic E-state index is 12.5. The number of benzene rings is 1. The zero-order valence-electron chi connectivity index (χ0n) is 12.9. The van der Waals surface area contributed by atoms with Gasteiger partial charge in [-0.2, -0.15) is 0 Å². The normalized spacial score (nSPS) is 22.8. The van der Waals surface area contributed by atoms with Crippen LogP contribution in [0.2, 0.25) is 0 Å². The van der Waals surface area contributed by atoms with E-state index in [0.717, 1.165) is 30.8 Å². The first kappa shape index (κ1) is 15.8. The van der Waals surface area contributed by atoms with Crippen LogP contribution in [0.3, 0.4) is 0 Å². The summed E-state index contributed by atoms with van der Waals surface area (Å²) in [6.45, 7) is 3.55. The van der Waals surface area contributed by atoms with E-state index in [4.69, 9.17) is 9.47 Å². The molecule has 0 saturated carbocycles. The molecule has 1 aromatic carbocycles. The SMILES string of the molecule is CCC(C(=O)NC1CNC[C@@H]1OC)c1ccc(OC)cc1. The van der Waals surface area contributed by atoms with Crippen molar-refractivity contribution in [1.29, 1.82) is 0 Å². The van der Waals surface area contributed by atoms with Crippen LogP contribution in [0.4, 0.5) is 0 Å². The van der Waals surface area contributed by atoms with E-state index in [1.165, 1.54) is 0 Å². The van der Waals surface area contributed by atoms with Gasteiger partial charge in [-0.25, -0.2) is 0 Å². The number of hydrogen-bond donors (Lipinski definition) is 2. The quantitative estimate of drug-likeness (QED) is 0.829. The molecule has 0 spiro atoms. The number of amides is 1. The second kappa shape index (κ2) is 7.43. The lowest BCUT2D eigenvalue weighted by Gasteiger charge is -2.22. The first-order valence-corrected chi connectivity index (χ1v) is 7.37. The highest BCUT2D eigenvalue weighted by atomic mass is 16.5. The van der Waals surface area contributed by atoms with Crippen LogP contribution in [-0.2, 0) is 9.53 Å². The van der Waals surface area contributed by atoms with E-state index < -0.39 is 0 Å². The number of nitrogens with one attached hydrogen (secondary N) is 2. The molecular weight excluding hydrogens is 268 g/mol. The molecule has 1 saturated heterocycles. The molecular formula is C16H24N2O3. The molecule has 116 valence electrons. The van der Waals surface area contributed by atoms with E-state index in [0.29, 0.717) is 0 Å². The van der Waals surface area contributed by atoms with Crippen molar-refractivity contribution in [3.63, 3.8) is 0 Å². The summed E-state index contributed by atoms with van der Waals surface area (Å²) in [5, 5.41) is 6.33. The summed E-state index contributed by atoms with van der Waals surface area (Å²) in [5.74, 6) is 0.709. The van der Waals surface area contributed by atoms with Crippen LogP contribution in [0, 0.1) is 0 Å². The van der Waals surface area contributed by atoms with Gasteiger partial charge >= 0.3 is 0 Å². The average Bonchev–Trinajstić information content (AvgIpc) is 2.96. The summed E-state index contributed by atoms with van der Waals surface area (Å²) in [5.41, 5.74) is 1.01. The number of methoxy groups -OCH3 is 2. The van der Waals surface area contributed by atoms with E-state index in [1.807, 2.05) is 31.2 Å². The number of rotatable bonds is 6. The maximum atomic E-state index is 12.5. The Bertz CT molecular complexity index is 461. The Balaban J connectivity index is 2.03. The Hall–Kier alpha value is -1.59. The van der Waals surface area contributed by atoms with Gasteiger partial charge in [-0.15, -0.1) is 0 Å². The van der Waals surface area contributed by atoms with Crippen molar-refractivity contribution in [2.24, 2.45) is 0 Å². The molecule has 5 nitrogen and oxygen atoms in total. The van der Waals surface area contributed by atoms with Crippen molar-refractivity contribution >= 4 is 5.91 Å². The van der Waals surface area contributed by atoms with Crippen LogP contribution < -0.4 is 15.4 Å². The Kier molecular flexibility index (Phi) is 5.59. The maximum Gasteiger partial charge on any atom is 0.227 e. The molecule has 1 amide bonds. The Morgan fingerprint density at radius 3 is 2.62 bits per heavy atom. The zero-order valence-corrected chi connectivity index (χ0v) is 12.9. The fourth-order valence-electron chi connectivity index (χ4n) is 2.74. The van der Waals surface area contributed by atoms with Gasteiger partial charge in [0.25, 0.3) is 0 Å². The summed E-state index contributed by atoms with van der Waals surface area (Å²) in [6, 6.07) is 7.72. The predicted octanol–water partition coefficient (Wildman–Crippen LogP) is 1.29. The fourth-order valence-corrected chi connectivity index (χ4v) is 2.74. The second-order valence-corrected chi connectivity index (χ2v) is 5.28. The van der Waals surface area contributed by atoms with Crippen molar-refractivity contribution in [3.8, 4) is 5.75 Å². The van der Waals surface area contributed by atoms with Crippen LogP contribution in [0.25, 0.3) is 0 Å². The molecule has 1 aromatic rings. The van der Waals surface area contributed by atoms with Gasteiger partial charge in [0.2, 0.25) is 5.91 Å². The van der Waals surface area contributed by atoms with Gasteiger partial charge in [-0.3, -0.25) is 4.79 Å². The molecule has 2 rings (SSSR count). The second-order valence-electron chi connectivity index (χ2n) is 5.28. The first-order valence-electron chi connectivity index (χ1n) is 7.37. The van der Waals surface area contributed by atoms with Gasteiger partial charge in [0.1, 0.15) is 5.75 Å². The van der Waals surface area contributed by atoms with Crippen LogP contribution in [0.1, 0.15) is 24.8 Å². The lowest BCUT2D eigenvalue weighted by atomic mass is 9.95. The van der Waals surface area contributed by atoms with Gasteiger partial charge in [0.15, 0.2) is 0 Å². The first-order chi connectivity index (χ1) is 10.2. The molecule has 2 N–H and O–H groups in total. The minimum Gasteiger partial charge on any atom is -0.497 e. The lowest BCUT2D eigenvalue weighted by molar-refractivity contribution is -0.124. The minimum atomic E-state index is -0.144. The molecule has 1 aliphatic heterocycles. The van der Waals surface area contributed by atoms with E-state index >= 15 is 0 Å². The van der Waals surface area contributed by atoms with E-state index in [-0.39, 0.29) is 24.0 Å². The number of hydrogen-bond acceptors (Lipinski definition) is 4. The van der Waals surface area contributed by atoms with Gasteiger partial charge in [-0.1, -0.05) is 19.1 Å².